The minimum absolute atomic E-state index is 0.223. The van der Waals surface area contributed by atoms with Gasteiger partial charge >= 0.3 is 0 Å². The first-order valence-corrected chi connectivity index (χ1v) is 10.3. The third-order valence-corrected chi connectivity index (χ3v) is 5.58. The number of nitrogens with zero attached hydrogens (tertiary/aromatic N) is 5. The molecule has 1 aliphatic rings. The Labute approximate surface area is 183 Å². The van der Waals surface area contributed by atoms with Crippen molar-refractivity contribution in [3.8, 4) is 28.5 Å². The Kier molecular flexibility index (Phi) is 4.34. The lowest BCUT2D eigenvalue weighted by Gasteiger charge is -2.09. The van der Waals surface area contributed by atoms with Gasteiger partial charge in [0.25, 0.3) is 0 Å². The standard InChI is InChI=1S/C24H19N5O3/c1-30-17-3-4-18-20(13-17)25-10-8-22(18)32-14-24-27-26-23-7-5-19(28-29(23)24)15-2-6-21-16(12-15)9-11-31-21/h2-8,10,12-13H,9,11,14H2,1H3. The van der Waals surface area contributed by atoms with Crippen molar-refractivity contribution >= 4 is 16.6 Å². The van der Waals surface area contributed by atoms with Crippen LogP contribution in [0.3, 0.4) is 0 Å². The summed E-state index contributed by atoms with van der Waals surface area (Å²) in [6.45, 7) is 0.954. The number of rotatable bonds is 5. The topological polar surface area (TPSA) is 83.7 Å². The molecule has 0 N–H and O–H groups in total. The van der Waals surface area contributed by atoms with Crippen LogP contribution in [-0.2, 0) is 13.0 Å². The van der Waals surface area contributed by atoms with Crippen LogP contribution in [0.5, 0.6) is 17.2 Å². The average Bonchev–Trinajstić information content (AvgIpc) is 3.48. The maximum atomic E-state index is 6.09. The van der Waals surface area contributed by atoms with E-state index in [1.807, 2.05) is 48.5 Å². The highest BCUT2D eigenvalue weighted by atomic mass is 16.5. The zero-order valence-electron chi connectivity index (χ0n) is 17.4. The molecule has 2 aromatic carbocycles. The predicted molar refractivity (Wildman–Crippen MR) is 118 cm³/mol. The van der Waals surface area contributed by atoms with Gasteiger partial charge in [-0.2, -0.15) is 9.61 Å². The molecule has 0 spiro atoms. The summed E-state index contributed by atoms with van der Waals surface area (Å²) in [4.78, 5) is 4.40. The highest BCUT2D eigenvalue weighted by Crippen LogP contribution is 2.30. The molecule has 8 heteroatoms. The van der Waals surface area contributed by atoms with E-state index in [-0.39, 0.29) is 6.61 Å². The van der Waals surface area contributed by atoms with E-state index in [2.05, 4.69) is 21.2 Å². The number of ether oxygens (including phenoxy) is 3. The third-order valence-electron chi connectivity index (χ3n) is 5.58. The lowest BCUT2D eigenvalue weighted by atomic mass is 10.1. The zero-order valence-corrected chi connectivity index (χ0v) is 17.4. The van der Waals surface area contributed by atoms with E-state index in [1.54, 1.807) is 17.8 Å². The first-order valence-electron chi connectivity index (χ1n) is 10.3. The van der Waals surface area contributed by atoms with Gasteiger partial charge in [0.05, 0.1) is 24.9 Å². The summed E-state index contributed by atoms with van der Waals surface area (Å²) in [6.07, 6.45) is 2.63. The molecule has 5 aromatic rings. The molecular formula is C24H19N5O3. The van der Waals surface area contributed by atoms with Crippen LogP contribution in [0.4, 0.5) is 0 Å². The van der Waals surface area contributed by atoms with E-state index in [0.29, 0.717) is 17.2 Å². The van der Waals surface area contributed by atoms with Crippen LogP contribution < -0.4 is 14.2 Å². The molecule has 0 unspecified atom stereocenters. The largest absolute Gasteiger partial charge is 0.497 e. The van der Waals surface area contributed by atoms with Crippen molar-refractivity contribution in [1.82, 2.24) is 24.8 Å². The predicted octanol–water partition coefficient (Wildman–Crippen LogP) is 3.86. The Morgan fingerprint density at radius 1 is 1.03 bits per heavy atom. The quantitative estimate of drug-likeness (QED) is 0.423. The number of hydrogen-bond acceptors (Lipinski definition) is 7. The lowest BCUT2D eigenvalue weighted by Crippen LogP contribution is -2.05. The van der Waals surface area contributed by atoms with Crippen LogP contribution >= 0.6 is 0 Å². The Balaban J connectivity index is 1.31. The third kappa shape index (κ3) is 3.17. The van der Waals surface area contributed by atoms with Crippen molar-refractivity contribution in [3.05, 3.63) is 72.2 Å². The maximum absolute atomic E-state index is 6.09. The molecule has 0 atom stereocenters. The van der Waals surface area contributed by atoms with Crippen molar-refractivity contribution in [3.63, 3.8) is 0 Å². The molecule has 3 aromatic heterocycles. The second-order valence-corrected chi connectivity index (χ2v) is 7.51. The van der Waals surface area contributed by atoms with E-state index in [4.69, 9.17) is 19.3 Å². The van der Waals surface area contributed by atoms with E-state index in [1.165, 1.54) is 5.56 Å². The van der Waals surface area contributed by atoms with Crippen molar-refractivity contribution < 1.29 is 14.2 Å². The monoisotopic (exact) mass is 425 g/mol. The highest BCUT2D eigenvalue weighted by Gasteiger charge is 2.15. The van der Waals surface area contributed by atoms with Crippen LogP contribution in [0.2, 0.25) is 0 Å². The van der Waals surface area contributed by atoms with Crippen LogP contribution in [0.1, 0.15) is 11.4 Å². The summed E-state index contributed by atoms with van der Waals surface area (Å²) < 4.78 is 18.7. The van der Waals surface area contributed by atoms with Crippen LogP contribution in [-0.4, -0.2) is 38.5 Å². The number of fused-ring (bicyclic) bond motifs is 3. The summed E-state index contributed by atoms with van der Waals surface area (Å²) >= 11 is 0. The van der Waals surface area contributed by atoms with Gasteiger partial charge in [0.1, 0.15) is 23.9 Å². The first-order chi connectivity index (χ1) is 15.8. The zero-order chi connectivity index (χ0) is 21.5. The minimum Gasteiger partial charge on any atom is -0.497 e. The Morgan fingerprint density at radius 3 is 2.94 bits per heavy atom. The van der Waals surface area contributed by atoms with E-state index < -0.39 is 0 Å². The molecule has 0 aliphatic carbocycles. The average molecular weight is 425 g/mol. The van der Waals surface area contributed by atoms with Gasteiger partial charge in [-0.1, -0.05) is 0 Å². The van der Waals surface area contributed by atoms with Crippen LogP contribution in [0.15, 0.2) is 60.8 Å². The van der Waals surface area contributed by atoms with Gasteiger partial charge in [0, 0.05) is 29.6 Å². The fourth-order valence-corrected chi connectivity index (χ4v) is 3.92. The Hall–Kier alpha value is -4.20. The van der Waals surface area contributed by atoms with Gasteiger partial charge in [-0.3, -0.25) is 4.98 Å². The van der Waals surface area contributed by atoms with Crippen LogP contribution in [0.25, 0.3) is 27.8 Å². The molecule has 0 bridgehead atoms. The molecule has 4 heterocycles. The number of benzene rings is 2. The molecule has 1 aliphatic heterocycles. The summed E-state index contributed by atoms with van der Waals surface area (Å²) in [5.41, 5.74) is 4.55. The van der Waals surface area contributed by atoms with Crippen molar-refractivity contribution in [1.29, 1.82) is 0 Å². The first kappa shape index (κ1) is 18.6. The molecule has 32 heavy (non-hydrogen) atoms. The summed E-state index contributed by atoms with van der Waals surface area (Å²) in [5, 5.41) is 14.2. The number of pyridine rings is 1. The summed E-state index contributed by atoms with van der Waals surface area (Å²) in [6, 6.07) is 17.6. The van der Waals surface area contributed by atoms with Crippen LogP contribution in [0, 0.1) is 0 Å². The maximum Gasteiger partial charge on any atom is 0.192 e. The fourth-order valence-electron chi connectivity index (χ4n) is 3.92. The SMILES string of the molecule is COc1ccc2c(OCc3nnc4ccc(-c5ccc6c(c5)CCO6)nn34)ccnc2c1. The van der Waals surface area contributed by atoms with Gasteiger partial charge < -0.3 is 14.2 Å². The molecule has 0 fully saturated rings. The minimum atomic E-state index is 0.223. The molecule has 6 rings (SSSR count). The van der Waals surface area contributed by atoms with Crippen molar-refractivity contribution in [2.45, 2.75) is 13.0 Å². The normalized spacial score (nSPS) is 12.7. The lowest BCUT2D eigenvalue weighted by molar-refractivity contribution is 0.296. The molecular weight excluding hydrogens is 406 g/mol. The van der Waals surface area contributed by atoms with Crippen molar-refractivity contribution in [2.24, 2.45) is 0 Å². The van der Waals surface area contributed by atoms with Gasteiger partial charge in [-0.25, -0.2) is 0 Å². The number of hydrogen-bond donors (Lipinski definition) is 0. The molecule has 8 nitrogen and oxygen atoms in total. The van der Waals surface area contributed by atoms with Gasteiger partial charge in [-0.05, 0) is 54.1 Å². The Morgan fingerprint density at radius 2 is 2.00 bits per heavy atom. The molecule has 0 saturated carbocycles. The summed E-state index contributed by atoms with van der Waals surface area (Å²) in [7, 11) is 1.63. The second-order valence-electron chi connectivity index (χ2n) is 7.51. The molecule has 0 saturated heterocycles. The highest BCUT2D eigenvalue weighted by molar-refractivity contribution is 5.85. The molecule has 0 amide bonds. The Bertz CT molecular complexity index is 1460. The van der Waals surface area contributed by atoms with Crippen molar-refractivity contribution in [2.75, 3.05) is 13.7 Å². The fraction of sp³-hybridized carbons (Fsp3) is 0.167. The summed E-state index contributed by atoms with van der Waals surface area (Å²) in [5.74, 6) is 3.03. The number of aromatic nitrogens is 5. The second kappa shape index (κ2) is 7.49. The molecule has 158 valence electrons. The smallest absolute Gasteiger partial charge is 0.192 e. The van der Waals surface area contributed by atoms with E-state index in [9.17, 15) is 0 Å². The van der Waals surface area contributed by atoms with E-state index >= 15 is 0 Å². The molecule has 0 radical (unpaired) electrons. The van der Waals surface area contributed by atoms with E-state index in [0.717, 1.165) is 46.7 Å². The van der Waals surface area contributed by atoms with Gasteiger partial charge in [0.2, 0.25) is 0 Å². The van der Waals surface area contributed by atoms with Gasteiger partial charge in [-0.15, -0.1) is 10.2 Å². The van der Waals surface area contributed by atoms with Gasteiger partial charge in [0.15, 0.2) is 11.5 Å². The number of methoxy groups -OCH3 is 1.